The predicted molar refractivity (Wildman–Crippen MR) is 89.4 cm³/mol. The maximum Gasteiger partial charge on any atom is 0.220 e. The van der Waals surface area contributed by atoms with Crippen LogP contribution in [0.3, 0.4) is 0 Å². The number of amides is 1. The predicted octanol–water partition coefficient (Wildman–Crippen LogP) is 2.41. The van der Waals surface area contributed by atoms with E-state index in [1.807, 2.05) is 18.3 Å². The van der Waals surface area contributed by atoms with Gasteiger partial charge in [-0.15, -0.1) is 0 Å². The number of carbonyl (C=O) groups is 1. The van der Waals surface area contributed by atoms with Gasteiger partial charge in [-0.1, -0.05) is 18.2 Å². The monoisotopic (exact) mass is 316 g/mol. The maximum atomic E-state index is 12.1. The number of hydrogen-bond donors (Lipinski definition) is 2. The van der Waals surface area contributed by atoms with E-state index in [9.17, 15) is 4.79 Å². The highest BCUT2D eigenvalue weighted by Crippen LogP contribution is 2.19. The summed E-state index contributed by atoms with van der Waals surface area (Å²) in [6.07, 6.45) is 5.09. The second-order valence-corrected chi connectivity index (χ2v) is 6.02. The zero-order valence-electron chi connectivity index (χ0n) is 13.5. The number of nitrogens with one attached hydrogen (secondary N) is 2. The molecule has 0 radical (unpaired) electrons. The lowest BCUT2D eigenvalue weighted by Gasteiger charge is -2.31. The minimum absolute atomic E-state index is 0.0404. The molecule has 0 unspecified atom stereocenters. The van der Waals surface area contributed by atoms with Crippen molar-refractivity contribution < 1.29 is 14.3 Å². The van der Waals surface area contributed by atoms with Crippen LogP contribution in [0.4, 0.5) is 0 Å². The van der Waals surface area contributed by atoms with E-state index in [-0.39, 0.29) is 18.1 Å². The first-order chi connectivity index (χ1) is 11.3. The topological polar surface area (TPSA) is 63.4 Å². The normalized spacial score (nSPS) is 21.4. The molecule has 2 atom stereocenters. The summed E-state index contributed by atoms with van der Waals surface area (Å²) in [6, 6.07) is 8.32. The van der Waals surface area contributed by atoms with Gasteiger partial charge >= 0.3 is 0 Å². The molecule has 1 aromatic carbocycles. The average Bonchev–Trinajstić information content (AvgIpc) is 2.99. The maximum absolute atomic E-state index is 12.1. The van der Waals surface area contributed by atoms with Crippen LogP contribution >= 0.6 is 0 Å². The SMILES string of the molecule is CO[C@@H]1COCC[C@H]1NC(=O)CCCc1c[nH]c2ccccc12. The van der Waals surface area contributed by atoms with Crippen molar-refractivity contribution in [2.24, 2.45) is 0 Å². The molecule has 124 valence electrons. The lowest BCUT2D eigenvalue weighted by molar-refractivity contribution is -0.125. The van der Waals surface area contributed by atoms with Crippen molar-refractivity contribution in [3.05, 3.63) is 36.0 Å². The fraction of sp³-hybridized carbons (Fsp3) is 0.500. The van der Waals surface area contributed by atoms with Crippen molar-refractivity contribution in [3.8, 4) is 0 Å². The largest absolute Gasteiger partial charge is 0.379 e. The van der Waals surface area contributed by atoms with E-state index >= 15 is 0 Å². The Balaban J connectivity index is 1.47. The van der Waals surface area contributed by atoms with E-state index < -0.39 is 0 Å². The van der Waals surface area contributed by atoms with Crippen LogP contribution in [0.5, 0.6) is 0 Å². The molecular formula is C18H24N2O3. The number of methoxy groups -OCH3 is 1. The van der Waals surface area contributed by atoms with Gasteiger partial charge in [0.15, 0.2) is 0 Å². The van der Waals surface area contributed by atoms with Crippen molar-refractivity contribution in [2.75, 3.05) is 20.3 Å². The van der Waals surface area contributed by atoms with Gasteiger partial charge in [-0.3, -0.25) is 4.79 Å². The Bertz CT molecular complexity index is 653. The summed E-state index contributed by atoms with van der Waals surface area (Å²) < 4.78 is 10.7. The smallest absolute Gasteiger partial charge is 0.220 e. The summed E-state index contributed by atoms with van der Waals surface area (Å²) in [5.41, 5.74) is 2.42. The number of aromatic amines is 1. The van der Waals surface area contributed by atoms with Gasteiger partial charge in [-0.25, -0.2) is 0 Å². The molecule has 1 saturated heterocycles. The summed E-state index contributed by atoms with van der Waals surface area (Å²) in [7, 11) is 1.66. The fourth-order valence-corrected chi connectivity index (χ4v) is 3.17. The Morgan fingerprint density at radius 1 is 1.43 bits per heavy atom. The summed E-state index contributed by atoms with van der Waals surface area (Å²) in [6.45, 7) is 1.23. The standard InChI is InChI=1S/C18H24N2O3/c1-22-17-12-23-10-9-16(17)20-18(21)8-4-5-13-11-19-15-7-3-2-6-14(13)15/h2-3,6-7,11,16-17,19H,4-5,8-10,12H2,1H3,(H,20,21)/t16-,17-/m1/s1. The Morgan fingerprint density at radius 2 is 2.30 bits per heavy atom. The molecule has 0 saturated carbocycles. The molecule has 23 heavy (non-hydrogen) atoms. The summed E-state index contributed by atoms with van der Waals surface area (Å²) in [4.78, 5) is 15.4. The first-order valence-electron chi connectivity index (χ1n) is 8.23. The molecule has 0 aliphatic carbocycles. The van der Waals surface area contributed by atoms with Gasteiger partial charge in [0.25, 0.3) is 0 Å². The van der Waals surface area contributed by atoms with Gasteiger partial charge in [0, 0.05) is 37.2 Å². The third-order valence-corrected chi connectivity index (χ3v) is 4.48. The molecule has 2 aromatic rings. The Kier molecular flexibility index (Phi) is 5.31. The zero-order valence-corrected chi connectivity index (χ0v) is 13.5. The van der Waals surface area contributed by atoms with Crippen molar-refractivity contribution in [3.63, 3.8) is 0 Å². The highest BCUT2D eigenvalue weighted by atomic mass is 16.5. The minimum Gasteiger partial charge on any atom is -0.379 e. The van der Waals surface area contributed by atoms with Crippen LogP contribution in [0.2, 0.25) is 0 Å². The summed E-state index contributed by atoms with van der Waals surface area (Å²) >= 11 is 0. The van der Waals surface area contributed by atoms with Crippen LogP contribution in [0.25, 0.3) is 10.9 Å². The van der Waals surface area contributed by atoms with Gasteiger partial charge < -0.3 is 19.8 Å². The van der Waals surface area contributed by atoms with Gasteiger partial charge in [0.05, 0.1) is 12.6 Å². The van der Waals surface area contributed by atoms with E-state index in [2.05, 4.69) is 22.4 Å². The molecule has 2 N–H and O–H groups in total. The summed E-state index contributed by atoms with van der Waals surface area (Å²) in [5.74, 6) is 0.0961. The van der Waals surface area contributed by atoms with E-state index in [1.54, 1.807) is 7.11 Å². The number of fused-ring (bicyclic) bond motifs is 1. The van der Waals surface area contributed by atoms with Gasteiger partial charge in [0.1, 0.15) is 6.10 Å². The Labute approximate surface area is 136 Å². The van der Waals surface area contributed by atoms with Gasteiger partial charge in [-0.05, 0) is 30.9 Å². The molecule has 1 aromatic heterocycles. The number of hydrogen-bond acceptors (Lipinski definition) is 3. The number of H-pyrrole nitrogens is 1. The average molecular weight is 316 g/mol. The fourth-order valence-electron chi connectivity index (χ4n) is 3.17. The van der Waals surface area contributed by atoms with E-state index in [0.717, 1.165) is 24.8 Å². The van der Waals surface area contributed by atoms with E-state index in [1.165, 1.54) is 10.9 Å². The number of rotatable bonds is 6. The lowest BCUT2D eigenvalue weighted by Crippen LogP contribution is -2.49. The van der Waals surface area contributed by atoms with Crippen molar-refractivity contribution in [1.29, 1.82) is 0 Å². The molecule has 0 spiro atoms. The van der Waals surface area contributed by atoms with Crippen LogP contribution in [0, 0.1) is 0 Å². The Morgan fingerprint density at radius 3 is 3.17 bits per heavy atom. The number of aryl methyl sites for hydroxylation is 1. The van der Waals surface area contributed by atoms with Crippen LogP contribution in [-0.2, 0) is 20.7 Å². The number of ether oxygens (including phenoxy) is 2. The minimum atomic E-state index is -0.0404. The quantitative estimate of drug-likeness (QED) is 0.860. The zero-order chi connectivity index (χ0) is 16.1. The highest BCUT2D eigenvalue weighted by molar-refractivity contribution is 5.83. The molecule has 1 aliphatic rings. The third kappa shape index (κ3) is 3.92. The summed E-state index contributed by atoms with van der Waals surface area (Å²) in [5, 5.41) is 4.33. The second kappa shape index (κ2) is 7.62. The van der Waals surface area contributed by atoms with Crippen LogP contribution in [-0.4, -0.2) is 43.4 Å². The molecule has 1 aliphatic heterocycles. The number of para-hydroxylation sites is 1. The van der Waals surface area contributed by atoms with E-state index in [4.69, 9.17) is 9.47 Å². The lowest BCUT2D eigenvalue weighted by atomic mass is 10.0. The van der Waals surface area contributed by atoms with E-state index in [0.29, 0.717) is 19.6 Å². The van der Waals surface area contributed by atoms with Crippen molar-refractivity contribution in [2.45, 2.75) is 37.8 Å². The van der Waals surface area contributed by atoms with Crippen LogP contribution in [0.15, 0.2) is 30.5 Å². The molecule has 0 bridgehead atoms. The molecule has 3 rings (SSSR count). The van der Waals surface area contributed by atoms with Crippen LogP contribution < -0.4 is 5.32 Å². The number of benzene rings is 1. The first-order valence-corrected chi connectivity index (χ1v) is 8.23. The number of aromatic nitrogens is 1. The molecule has 5 heteroatoms. The molecule has 5 nitrogen and oxygen atoms in total. The van der Waals surface area contributed by atoms with Gasteiger partial charge in [-0.2, -0.15) is 0 Å². The van der Waals surface area contributed by atoms with Crippen molar-refractivity contribution in [1.82, 2.24) is 10.3 Å². The van der Waals surface area contributed by atoms with Gasteiger partial charge in [0.2, 0.25) is 5.91 Å². The molecular weight excluding hydrogens is 292 g/mol. The molecule has 1 amide bonds. The highest BCUT2D eigenvalue weighted by Gasteiger charge is 2.26. The third-order valence-electron chi connectivity index (χ3n) is 4.48. The molecule has 1 fully saturated rings. The van der Waals surface area contributed by atoms with Crippen LogP contribution in [0.1, 0.15) is 24.8 Å². The van der Waals surface area contributed by atoms with Crippen molar-refractivity contribution >= 4 is 16.8 Å². The first kappa shape index (κ1) is 16.0. The second-order valence-electron chi connectivity index (χ2n) is 6.02. The number of carbonyl (C=O) groups excluding carboxylic acids is 1. The molecule has 2 heterocycles. The Hall–Kier alpha value is -1.85.